The van der Waals surface area contributed by atoms with E-state index in [1.165, 1.54) is 38.5 Å². The summed E-state index contributed by atoms with van der Waals surface area (Å²) in [4.78, 5) is 39.3. The molecule has 45 heavy (non-hydrogen) atoms. The average molecular weight is 636 g/mol. The first-order valence-electron chi connectivity index (χ1n) is 13.4. The molecule has 0 atom stereocenters. The molecule has 3 amide bonds. The summed E-state index contributed by atoms with van der Waals surface area (Å²) in [7, 11) is 2.99. The van der Waals surface area contributed by atoms with Crippen LogP contribution >= 0.6 is 11.8 Å². The van der Waals surface area contributed by atoms with Crippen LogP contribution in [0.25, 0.3) is 6.08 Å². The van der Waals surface area contributed by atoms with E-state index in [0.29, 0.717) is 33.2 Å². The zero-order valence-corrected chi connectivity index (χ0v) is 24.9. The third-order valence-corrected chi connectivity index (χ3v) is 7.25. The van der Waals surface area contributed by atoms with Gasteiger partial charge in [0.25, 0.3) is 11.8 Å². The van der Waals surface area contributed by atoms with Crippen molar-refractivity contribution >= 4 is 46.9 Å². The molecule has 0 bridgehead atoms. The number of thioether (sulfide) groups is 1. The van der Waals surface area contributed by atoms with E-state index < -0.39 is 29.5 Å². The van der Waals surface area contributed by atoms with E-state index in [1.807, 2.05) is 0 Å². The number of hydrogen-bond acceptors (Lipinski definition) is 6. The Kier molecular flexibility index (Phi) is 10.9. The van der Waals surface area contributed by atoms with Gasteiger partial charge < -0.3 is 25.4 Å². The van der Waals surface area contributed by atoms with E-state index in [1.54, 1.807) is 72.8 Å². The first kappa shape index (κ1) is 32.7. The number of anilines is 2. The van der Waals surface area contributed by atoms with Gasteiger partial charge >= 0.3 is 6.18 Å². The van der Waals surface area contributed by atoms with Gasteiger partial charge in [0, 0.05) is 16.1 Å². The average Bonchev–Trinajstić information content (AvgIpc) is 3.04. The van der Waals surface area contributed by atoms with Crippen molar-refractivity contribution in [2.45, 2.75) is 11.1 Å². The third-order valence-electron chi connectivity index (χ3n) is 6.24. The van der Waals surface area contributed by atoms with Crippen LogP contribution in [-0.2, 0) is 15.8 Å². The number of nitrogens with one attached hydrogen (secondary N) is 3. The van der Waals surface area contributed by atoms with Gasteiger partial charge in [-0.3, -0.25) is 14.4 Å². The molecule has 0 spiro atoms. The van der Waals surface area contributed by atoms with E-state index in [9.17, 15) is 27.6 Å². The lowest BCUT2D eigenvalue weighted by molar-refractivity contribution is -0.137. The fourth-order valence-electron chi connectivity index (χ4n) is 4.06. The van der Waals surface area contributed by atoms with Crippen molar-refractivity contribution < 1.29 is 37.0 Å². The van der Waals surface area contributed by atoms with E-state index in [0.717, 1.165) is 17.8 Å². The zero-order valence-electron chi connectivity index (χ0n) is 24.1. The molecule has 0 fully saturated rings. The molecule has 12 heteroatoms. The number of alkyl halides is 3. The molecule has 4 aromatic rings. The van der Waals surface area contributed by atoms with Gasteiger partial charge in [-0.25, -0.2) is 0 Å². The number of benzene rings is 4. The molecule has 0 heterocycles. The summed E-state index contributed by atoms with van der Waals surface area (Å²) >= 11 is 1.11. The Balaban J connectivity index is 1.44. The minimum Gasteiger partial charge on any atom is -0.493 e. The number of hydrogen-bond donors (Lipinski definition) is 3. The van der Waals surface area contributed by atoms with Crippen LogP contribution in [0.4, 0.5) is 24.5 Å². The van der Waals surface area contributed by atoms with Gasteiger partial charge in [-0.15, -0.1) is 11.8 Å². The number of rotatable bonds is 11. The number of ether oxygens (including phenoxy) is 2. The van der Waals surface area contributed by atoms with E-state index in [2.05, 4.69) is 16.0 Å². The summed E-state index contributed by atoms with van der Waals surface area (Å²) in [5, 5.41) is 7.71. The Hall–Kier alpha value is -5.23. The van der Waals surface area contributed by atoms with Crippen molar-refractivity contribution in [3.05, 3.63) is 119 Å². The van der Waals surface area contributed by atoms with Crippen LogP contribution in [-0.4, -0.2) is 37.7 Å². The maximum Gasteiger partial charge on any atom is 0.418 e. The molecule has 0 aliphatic rings. The lowest BCUT2D eigenvalue weighted by Gasteiger charge is -2.13. The van der Waals surface area contributed by atoms with Gasteiger partial charge in [0.15, 0.2) is 11.5 Å². The molecule has 4 rings (SSSR count). The van der Waals surface area contributed by atoms with Crippen molar-refractivity contribution in [2.75, 3.05) is 30.6 Å². The highest BCUT2D eigenvalue weighted by Crippen LogP contribution is 2.35. The van der Waals surface area contributed by atoms with E-state index >= 15 is 0 Å². The summed E-state index contributed by atoms with van der Waals surface area (Å²) < 4.78 is 50.3. The Morgan fingerprint density at radius 1 is 0.800 bits per heavy atom. The van der Waals surface area contributed by atoms with Crippen LogP contribution in [0, 0.1) is 0 Å². The zero-order chi connectivity index (χ0) is 32.4. The highest BCUT2D eigenvalue weighted by molar-refractivity contribution is 8.00. The van der Waals surface area contributed by atoms with Crippen molar-refractivity contribution in [2.24, 2.45) is 0 Å². The van der Waals surface area contributed by atoms with Gasteiger partial charge in [-0.05, 0) is 72.3 Å². The molecule has 0 radical (unpaired) electrons. The maximum atomic E-state index is 13.3. The monoisotopic (exact) mass is 635 g/mol. The van der Waals surface area contributed by atoms with Crippen molar-refractivity contribution in [3.63, 3.8) is 0 Å². The minimum absolute atomic E-state index is 0.0367. The highest BCUT2D eigenvalue weighted by atomic mass is 32.2. The van der Waals surface area contributed by atoms with Crippen molar-refractivity contribution in [1.82, 2.24) is 5.32 Å². The Morgan fingerprint density at radius 2 is 1.47 bits per heavy atom. The highest BCUT2D eigenvalue weighted by Gasteiger charge is 2.33. The molecular formula is C33H28F3N3O5S. The predicted molar refractivity (Wildman–Crippen MR) is 167 cm³/mol. The minimum atomic E-state index is -4.60. The molecule has 0 saturated carbocycles. The van der Waals surface area contributed by atoms with Gasteiger partial charge in [0.1, 0.15) is 5.70 Å². The SMILES string of the molecule is COc1ccc(/C=C(\NC(=O)c2ccccc2)C(=O)Nc2ccc(SCC(=O)Nc3ccccc3C(F)(F)F)cc2)cc1OC. The van der Waals surface area contributed by atoms with Crippen LogP contribution in [0.15, 0.2) is 108 Å². The first-order chi connectivity index (χ1) is 21.6. The number of halogens is 3. The summed E-state index contributed by atoms with van der Waals surface area (Å²) in [6.45, 7) is 0. The van der Waals surface area contributed by atoms with Crippen LogP contribution in [0.2, 0.25) is 0 Å². The van der Waals surface area contributed by atoms with Crippen LogP contribution in [0.3, 0.4) is 0 Å². The molecular weight excluding hydrogens is 607 g/mol. The van der Waals surface area contributed by atoms with Gasteiger partial charge in [0.05, 0.1) is 31.2 Å². The topological polar surface area (TPSA) is 106 Å². The maximum absolute atomic E-state index is 13.3. The van der Waals surface area contributed by atoms with Gasteiger partial charge in [-0.2, -0.15) is 13.2 Å². The second-order valence-corrected chi connectivity index (χ2v) is 10.4. The number of methoxy groups -OCH3 is 2. The Morgan fingerprint density at radius 3 is 2.13 bits per heavy atom. The van der Waals surface area contributed by atoms with Gasteiger partial charge in [0.2, 0.25) is 5.91 Å². The van der Waals surface area contributed by atoms with Gasteiger partial charge in [-0.1, -0.05) is 36.4 Å². The standard InChI is InChI=1S/C33H28F3N3O5S/c1-43-28-17-12-21(19-29(28)44-2)18-27(39-31(41)22-8-4-3-5-9-22)32(42)37-23-13-15-24(16-14-23)45-20-30(40)38-26-11-7-6-10-25(26)33(34,35)36/h3-19H,20H2,1-2H3,(H,37,42)(H,38,40)(H,39,41)/b27-18-. The smallest absolute Gasteiger partial charge is 0.418 e. The Bertz CT molecular complexity index is 1690. The quantitative estimate of drug-likeness (QED) is 0.123. The second kappa shape index (κ2) is 15.0. The molecule has 0 saturated heterocycles. The number of amides is 3. The first-order valence-corrected chi connectivity index (χ1v) is 14.4. The molecule has 8 nitrogen and oxygen atoms in total. The molecule has 4 aromatic carbocycles. The molecule has 0 unspecified atom stereocenters. The molecule has 0 aliphatic carbocycles. The normalized spacial score (nSPS) is 11.4. The largest absolute Gasteiger partial charge is 0.493 e. The molecule has 0 aromatic heterocycles. The molecule has 0 aliphatic heterocycles. The van der Waals surface area contributed by atoms with Crippen LogP contribution in [0.1, 0.15) is 21.5 Å². The van der Waals surface area contributed by atoms with Crippen molar-refractivity contribution in [1.29, 1.82) is 0 Å². The fraction of sp³-hybridized carbons (Fsp3) is 0.121. The lowest BCUT2D eigenvalue weighted by Crippen LogP contribution is -2.30. The fourth-order valence-corrected chi connectivity index (χ4v) is 4.76. The van der Waals surface area contributed by atoms with E-state index in [4.69, 9.17) is 9.47 Å². The summed E-state index contributed by atoms with van der Waals surface area (Å²) in [5.41, 5.74) is 0.0446. The van der Waals surface area contributed by atoms with Crippen molar-refractivity contribution in [3.8, 4) is 11.5 Å². The number of carbonyl (C=O) groups is 3. The third kappa shape index (κ3) is 9.13. The molecule has 3 N–H and O–H groups in total. The number of carbonyl (C=O) groups excluding carboxylic acids is 3. The Labute approximate surface area is 261 Å². The van der Waals surface area contributed by atoms with E-state index in [-0.39, 0.29) is 17.1 Å². The summed E-state index contributed by atoms with van der Waals surface area (Å²) in [5.74, 6) is -0.894. The second-order valence-electron chi connectivity index (χ2n) is 9.35. The summed E-state index contributed by atoms with van der Waals surface area (Å²) in [6, 6.07) is 24.7. The predicted octanol–water partition coefficient (Wildman–Crippen LogP) is 6.86. The molecule has 232 valence electrons. The lowest BCUT2D eigenvalue weighted by atomic mass is 10.1. The van der Waals surface area contributed by atoms with Crippen LogP contribution < -0.4 is 25.4 Å². The number of para-hydroxylation sites is 1. The summed E-state index contributed by atoms with van der Waals surface area (Å²) in [6.07, 6.45) is -3.10. The van der Waals surface area contributed by atoms with Crippen LogP contribution in [0.5, 0.6) is 11.5 Å².